The first kappa shape index (κ1) is 15.1. The van der Waals surface area contributed by atoms with Crippen LogP contribution in [0.4, 0.5) is 0 Å². The maximum Gasteiger partial charge on any atom is 0.261 e. The van der Waals surface area contributed by atoms with Gasteiger partial charge in [0.1, 0.15) is 0 Å². The van der Waals surface area contributed by atoms with Gasteiger partial charge in [0, 0.05) is 5.56 Å². The number of hydrogen-bond donors (Lipinski definition) is 4. The molecule has 1 rings (SSSR count). The Morgan fingerprint density at radius 3 is 2.12 bits per heavy atom. The normalized spacial score (nSPS) is 9.76. The fourth-order valence-corrected chi connectivity index (χ4v) is 0.784. The zero-order chi connectivity index (χ0) is 13.5. The van der Waals surface area contributed by atoms with E-state index in [1.54, 1.807) is 24.3 Å². The van der Waals surface area contributed by atoms with Crippen molar-refractivity contribution in [2.75, 3.05) is 6.26 Å². The molecular weight excluding hydrogens is 246 g/mol. The van der Waals surface area contributed by atoms with E-state index in [9.17, 15) is 13.2 Å². The number of carbonyl (C=O) groups is 1. The predicted octanol–water partition coefficient (Wildman–Crippen LogP) is -0.186. The molecule has 0 fully saturated rings. The molecule has 0 spiro atoms. The number of benzene rings is 1. The Balaban J connectivity index is 0.000000437. The number of hydrogen-bond acceptors (Lipinski definition) is 4. The fourth-order valence-electron chi connectivity index (χ4n) is 0.784. The highest BCUT2D eigenvalue weighted by atomic mass is 32.2. The molecule has 0 aliphatic heterocycles. The third-order valence-corrected chi connectivity index (χ3v) is 1.28. The number of guanidine groups is 1. The first-order valence-electron chi connectivity index (χ1n) is 4.33. The summed E-state index contributed by atoms with van der Waals surface area (Å²) in [5.41, 5.74) is 5.48. The molecule has 1 aromatic carbocycles. The minimum Gasteiger partial charge on any atom is -0.370 e. The van der Waals surface area contributed by atoms with E-state index >= 15 is 0 Å². The fraction of sp³-hybridized carbons (Fsp3) is 0.111. The molecule has 5 N–H and O–H groups in total. The molecule has 0 radical (unpaired) electrons. The van der Waals surface area contributed by atoms with Gasteiger partial charge in [-0.2, -0.15) is 8.42 Å². The maximum absolute atomic E-state index is 11.1. The molecule has 0 atom stereocenters. The van der Waals surface area contributed by atoms with Crippen LogP contribution in [0.15, 0.2) is 30.3 Å². The Labute approximate surface area is 98.9 Å². The van der Waals surface area contributed by atoms with Gasteiger partial charge in [-0.25, -0.2) is 0 Å². The van der Waals surface area contributed by atoms with Crippen LogP contribution < -0.4 is 11.1 Å². The number of rotatable bonds is 1. The van der Waals surface area contributed by atoms with Crippen LogP contribution in [0, 0.1) is 5.41 Å². The third kappa shape index (κ3) is 10.4. The Bertz CT molecular complexity index is 476. The second-order valence-corrected chi connectivity index (χ2v) is 4.43. The number of nitrogens with one attached hydrogen (secondary N) is 2. The van der Waals surface area contributed by atoms with Crippen LogP contribution in [-0.2, 0) is 10.1 Å². The van der Waals surface area contributed by atoms with Crippen LogP contribution in [0.25, 0.3) is 0 Å². The minimum absolute atomic E-state index is 0.344. The van der Waals surface area contributed by atoms with Crippen molar-refractivity contribution in [3.63, 3.8) is 0 Å². The van der Waals surface area contributed by atoms with E-state index in [1.165, 1.54) is 0 Å². The zero-order valence-corrected chi connectivity index (χ0v) is 9.86. The predicted molar refractivity (Wildman–Crippen MR) is 63.3 cm³/mol. The second kappa shape index (κ2) is 6.61. The lowest BCUT2D eigenvalue weighted by Gasteiger charge is -2.00. The van der Waals surface area contributed by atoms with Gasteiger partial charge in [-0.15, -0.1) is 0 Å². The van der Waals surface area contributed by atoms with Gasteiger partial charge in [0.2, 0.25) is 0 Å². The Morgan fingerprint density at radius 1 is 1.35 bits per heavy atom. The van der Waals surface area contributed by atoms with Gasteiger partial charge in [-0.05, 0) is 12.1 Å². The van der Waals surface area contributed by atoms with E-state index in [0.717, 1.165) is 0 Å². The van der Waals surface area contributed by atoms with Gasteiger partial charge in [-0.1, -0.05) is 18.2 Å². The Hall–Kier alpha value is -1.93. The summed E-state index contributed by atoms with van der Waals surface area (Å²) in [6, 6.07) is 8.60. The first-order valence-corrected chi connectivity index (χ1v) is 6.18. The van der Waals surface area contributed by atoms with Crippen LogP contribution in [0.5, 0.6) is 0 Å². The molecule has 0 aliphatic carbocycles. The molecule has 0 aliphatic rings. The first-order chi connectivity index (χ1) is 7.70. The summed E-state index contributed by atoms with van der Waals surface area (Å²) in [4.78, 5) is 11.1. The molecule has 0 saturated carbocycles. The van der Waals surface area contributed by atoms with Gasteiger partial charge in [0.25, 0.3) is 16.0 Å². The molecular formula is C9H13N3O4S. The molecule has 94 valence electrons. The molecule has 0 saturated heterocycles. The largest absolute Gasteiger partial charge is 0.370 e. The van der Waals surface area contributed by atoms with Crippen LogP contribution in [-0.4, -0.2) is 31.1 Å². The summed E-state index contributed by atoms with van der Waals surface area (Å²) in [7, 11) is -3.67. The zero-order valence-electron chi connectivity index (χ0n) is 9.04. The number of carbonyl (C=O) groups excluding carboxylic acids is 1. The molecule has 0 aromatic heterocycles. The molecule has 0 heterocycles. The summed E-state index contributed by atoms with van der Waals surface area (Å²) >= 11 is 0. The van der Waals surface area contributed by atoms with Gasteiger partial charge >= 0.3 is 0 Å². The lowest BCUT2D eigenvalue weighted by molar-refractivity contribution is 0.0976. The van der Waals surface area contributed by atoms with Crippen molar-refractivity contribution >= 4 is 22.0 Å². The van der Waals surface area contributed by atoms with E-state index in [1.807, 2.05) is 6.07 Å². The van der Waals surface area contributed by atoms with Crippen molar-refractivity contribution in [1.29, 1.82) is 5.41 Å². The average Bonchev–Trinajstić information content (AvgIpc) is 2.15. The van der Waals surface area contributed by atoms with Crippen molar-refractivity contribution in [2.24, 2.45) is 5.73 Å². The lowest BCUT2D eigenvalue weighted by Crippen LogP contribution is -2.35. The Morgan fingerprint density at radius 2 is 1.76 bits per heavy atom. The summed E-state index contributed by atoms with van der Waals surface area (Å²) in [6.07, 6.45) is 0.715. The summed E-state index contributed by atoms with van der Waals surface area (Å²) in [5.74, 6) is -0.702. The van der Waals surface area contributed by atoms with Crippen molar-refractivity contribution in [1.82, 2.24) is 5.32 Å². The highest BCUT2D eigenvalue weighted by Crippen LogP contribution is 1.96. The second-order valence-electron chi connectivity index (χ2n) is 2.97. The molecule has 1 amide bonds. The average molecular weight is 259 g/mol. The SMILES string of the molecule is CS(=O)(=O)O.N=C(N)NC(=O)c1ccccc1. The number of nitrogens with two attached hydrogens (primary N) is 1. The van der Waals surface area contributed by atoms with Gasteiger partial charge in [0.15, 0.2) is 5.96 Å². The van der Waals surface area contributed by atoms with E-state index in [0.29, 0.717) is 11.8 Å². The lowest BCUT2D eigenvalue weighted by atomic mass is 10.2. The Kier molecular flexibility index (Phi) is 5.86. The molecule has 8 heteroatoms. The van der Waals surface area contributed by atoms with Crippen LogP contribution in [0.1, 0.15) is 10.4 Å². The highest BCUT2D eigenvalue weighted by Gasteiger charge is 2.03. The van der Waals surface area contributed by atoms with Crippen molar-refractivity contribution < 1.29 is 17.8 Å². The topological polar surface area (TPSA) is 133 Å². The van der Waals surface area contributed by atoms with Gasteiger partial charge < -0.3 is 5.73 Å². The molecule has 7 nitrogen and oxygen atoms in total. The summed E-state index contributed by atoms with van der Waals surface area (Å²) in [5, 5.41) is 9.00. The van der Waals surface area contributed by atoms with Gasteiger partial charge in [-0.3, -0.25) is 20.1 Å². The summed E-state index contributed by atoms with van der Waals surface area (Å²) in [6.45, 7) is 0. The van der Waals surface area contributed by atoms with Gasteiger partial charge in [0.05, 0.1) is 6.26 Å². The quantitative estimate of drug-likeness (QED) is 0.315. The van der Waals surface area contributed by atoms with Crippen LogP contribution >= 0.6 is 0 Å². The summed E-state index contributed by atoms with van der Waals surface area (Å²) < 4.78 is 25.9. The molecule has 0 bridgehead atoms. The molecule has 17 heavy (non-hydrogen) atoms. The van der Waals surface area contributed by atoms with E-state index in [-0.39, 0.29) is 11.9 Å². The van der Waals surface area contributed by atoms with Crippen LogP contribution in [0.2, 0.25) is 0 Å². The van der Waals surface area contributed by atoms with E-state index < -0.39 is 10.1 Å². The van der Waals surface area contributed by atoms with E-state index in [4.69, 9.17) is 15.7 Å². The third-order valence-electron chi connectivity index (χ3n) is 1.28. The number of amides is 1. The van der Waals surface area contributed by atoms with Crippen molar-refractivity contribution in [3.8, 4) is 0 Å². The minimum atomic E-state index is -3.67. The van der Waals surface area contributed by atoms with Crippen molar-refractivity contribution in [3.05, 3.63) is 35.9 Å². The molecule has 0 unspecified atom stereocenters. The smallest absolute Gasteiger partial charge is 0.261 e. The monoisotopic (exact) mass is 259 g/mol. The maximum atomic E-state index is 11.1. The van der Waals surface area contributed by atoms with E-state index in [2.05, 4.69) is 5.32 Å². The molecule has 1 aromatic rings. The van der Waals surface area contributed by atoms with Crippen LogP contribution in [0.3, 0.4) is 0 Å². The van der Waals surface area contributed by atoms with Crippen molar-refractivity contribution in [2.45, 2.75) is 0 Å². The standard InChI is InChI=1S/C8H9N3O.CH4O3S/c9-8(10)11-7(12)6-4-2-1-3-5-6;1-5(2,3)4/h1-5H,(H4,9,10,11,12);1H3,(H,2,3,4). The highest BCUT2D eigenvalue weighted by molar-refractivity contribution is 7.85.